The van der Waals surface area contributed by atoms with Crippen molar-refractivity contribution in [1.29, 1.82) is 0 Å². The second-order valence-corrected chi connectivity index (χ2v) is 5.81. The molecule has 2 heterocycles. The van der Waals surface area contributed by atoms with Crippen LogP contribution in [0.25, 0.3) is 0 Å². The number of hydrogen-bond donors (Lipinski definition) is 1. The summed E-state index contributed by atoms with van der Waals surface area (Å²) in [5, 5.41) is 14.6. The van der Waals surface area contributed by atoms with Gasteiger partial charge in [-0.05, 0) is 36.6 Å². The first-order valence-corrected chi connectivity index (χ1v) is 6.87. The van der Waals surface area contributed by atoms with Crippen LogP contribution in [0.5, 0.6) is 0 Å². The molecule has 0 spiro atoms. The van der Waals surface area contributed by atoms with E-state index < -0.39 is 4.92 Å². The standard InChI is InChI=1S/C13H16ClN3O2.ClH/c14-13-3-12(17(18)19)2-1-9(13)6-16-7-10-4-15-5-11(10)8-16;/h1-3,10-11,15H,4-8H2;1H/t10-,11+;. The number of nitrogens with zero attached hydrogens (tertiary/aromatic N) is 2. The summed E-state index contributed by atoms with van der Waals surface area (Å²) in [6, 6.07) is 4.74. The minimum atomic E-state index is -0.415. The maximum absolute atomic E-state index is 10.7. The number of non-ortho nitro benzene ring substituents is 1. The van der Waals surface area contributed by atoms with E-state index in [0.29, 0.717) is 5.02 Å². The van der Waals surface area contributed by atoms with Gasteiger partial charge in [-0.2, -0.15) is 0 Å². The smallest absolute Gasteiger partial charge is 0.270 e. The molecule has 0 aromatic heterocycles. The molecule has 20 heavy (non-hydrogen) atoms. The molecule has 2 saturated heterocycles. The van der Waals surface area contributed by atoms with Crippen LogP contribution in [0.2, 0.25) is 5.02 Å². The Morgan fingerprint density at radius 2 is 2.00 bits per heavy atom. The van der Waals surface area contributed by atoms with Crippen LogP contribution >= 0.6 is 24.0 Å². The summed E-state index contributed by atoms with van der Waals surface area (Å²) in [6.07, 6.45) is 0. The molecule has 3 rings (SSSR count). The van der Waals surface area contributed by atoms with E-state index in [1.165, 1.54) is 12.1 Å². The number of nitro groups is 1. The van der Waals surface area contributed by atoms with Gasteiger partial charge in [-0.25, -0.2) is 0 Å². The highest BCUT2D eigenvalue weighted by Gasteiger charge is 2.35. The monoisotopic (exact) mass is 317 g/mol. The van der Waals surface area contributed by atoms with Crippen LogP contribution in [0.15, 0.2) is 18.2 Å². The summed E-state index contributed by atoms with van der Waals surface area (Å²) in [4.78, 5) is 12.6. The predicted octanol–water partition coefficient (Wildman–Crippen LogP) is 2.32. The highest BCUT2D eigenvalue weighted by molar-refractivity contribution is 6.31. The van der Waals surface area contributed by atoms with Crippen molar-refractivity contribution in [1.82, 2.24) is 10.2 Å². The molecular weight excluding hydrogens is 301 g/mol. The average molecular weight is 318 g/mol. The Labute approximate surface area is 128 Å². The highest BCUT2D eigenvalue weighted by Crippen LogP contribution is 2.29. The molecule has 0 aliphatic carbocycles. The highest BCUT2D eigenvalue weighted by atomic mass is 35.5. The predicted molar refractivity (Wildman–Crippen MR) is 80.5 cm³/mol. The van der Waals surface area contributed by atoms with Crippen LogP contribution in [-0.2, 0) is 6.54 Å². The van der Waals surface area contributed by atoms with Crippen LogP contribution in [0, 0.1) is 22.0 Å². The maximum Gasteiger partial charge on any atom is 0.270 e. The van der Waals surface area contributed by atoms with E-state index in [2.05, 4.69) is 10.2 Å². The largest absolute Gasteiger partial charge is 0.316 e. The lowest BCUT2D eigenvalue weighted by Crippen LogP contribution is -2.25. The van der Waals surface area contributed by atoms with Gasteiger partial charge in [0.2, 0.25) is 0 Å². The third-order valence-corrected chi connectivity index (χ3v) is 4.46. The molecule has 0 radical (unpaired) electrons. The van der Waals surface area contributed by atoms with Crippen LogP contribution in [-0.4, -0.2) is 36.0 Å². The molecule has 2 aliphatic heterocycles. The minimum absolute atomic E-state index is 0. The van der Waals surface area contributed by atoms with Crippen LogP contribution < -0.4 is 5.32 Å². The fraction of sp³-hybridized carbons (Fsp3) is 0.538. The normalized spacial score (nSPS) is 25.2. The lowest BCUT2D eigenvalue weighted by molar-refractivity contribution is -0.384. The molecule has 2 atom stereocenters. The van der Waals surface area contributed by atoms with Crippen LogP contribution in [0.3, 0.4) is 0 Å². The fourth-order valence-electron chi connectivity index (χ4n) is 3.10. The average Bonchev–Trinajstić information content (AvgIpc) is 2.92. The molecule has 1 aromatic carbocycles. The molecule has 0 unspecified atom stereocenters. The zero-order valence-corrected chi connectivity index (χ0v) is 12.5. The van der Waals surface area contributed by atoms with Gasteiger partial charge in [0.15, 0.2) is 0 Å². The molecule has 0 amide bonds. The second-order valence-electron chi connectivity index (χ2n) is 5.41. The zero-order chi connectivity index (χ0) is 13.4. The summed E-state index contributed by atoms with van der Waals surface area (Å²) >= 11 is 6.13. The Bertz CT molecular complexity index is 500. The van der Waals surface area contributed by atoms with Crippen molar-refractivity contribution < 1.29 is 4.92 Å². The Balaban J connectivity index is 0.00000147. The Morgan fingerprint density at radius 3 is 2.55 bits per heavy atom. The van der Waals surface area contributed by atoms with Gasteiger partial charge in [-0.3, -0.25) is 15.0 Å². The molecule has 110 valence electrons. The van der Waals surface area contributed by atoms with Crippen molar-refractivity contribution in [3.63, 3.8) is 0 Å². The number of likely N-dealkylation sites (tertiary alicyclic amines) is 1. The Morgan fingerprint density at radius 1 is 1.35 bits per heavy atom. The summed E-state index contributed by atoms with van der Waals surface area (Å²) in [5.74, 6) is 1.49. The van der Waals surface area contributed by atoms with Gasteiger partial charge in [0.05, 0.1) is 9.95 Å². The van der Waals surface area contributed by atoms with Gasteiger partial charge in [-0.15, -0.1) is 12.4 Å². The summed E-state index contributed by atoms with van der Waals surface area (Å²) in [5.41, 5.74) is 1.02. The van der Waals surface area contributed by atoms with Gasteiger partial charge in [0, 0.05) is 31.8 Å². The lowest BCUT2D eigenvalue weighted by atomic mass is 10.0. The topological polar surface area (TPSA) is 58.4 Å². The molecule has 1 N–H and O–H groups in total. The van der Waals surface area contributed by atoms with Crippen LogP contribution in [0.1, 0.15) is 5.56 Å². The van der Waals surface area contributed by atoms with Crippen molar-refractivity contribution >= 4 is 29.7 Å². The number of nitrogens with one attached hydrogen (secondary N) is 1. The van der Waals surface area contributed by atoms with E-state index in [4.69, 9.17) is 11.6 Å². The van der Waals surface area contributed by atoms with Gasteiger partial charge in [0.1, 0.15) is 0 Å². The minimum Gasteiger partial charge on any atom is -0.316 e. The van der Waals surface area contributed by atoms with Crippen molar-refractivity contribution in [2.24, 2.45) is 11.8 Å². The number of fused-ring (bicyclic) bond motifs is 1. The number of hydrogen-bond acceptors (Lipinski definition) is 4. The van der Waals surface area contributed by atoms with E-state index >= 15 is 0 Å². The van der Waals surface area contributed by atoms with E-state index in [9.17, 15) is 10.1 Å². The molecule has 2 fully saturated rings. The maximum atomic E-state index is 10.7. The summed E-state index contributed by atoms with van der Waals surface area (Å²) < 4.78 is 0. The quantitative estimate of drug-likeness (QED) is 0.686. The molecule has 5 nitrogen and oxygen atoms in total. The fourth-order valence-corrected chi connectivity index (χ4v) is 3.34. The first-order valence-electron chi connectivity index (χ1n) is 6.49. The Hall–Kier alpha value is -0.880. The van der Waals surface area contributed by atoms with Crippen molar-refractivity contribution in [2.45, 2.75) is 6.54 Å². The second kappa shape index (κ2) is 6.26. The lowest BCUT2D eigenvalue weighted by Gasteiger charge is -2.17. The van der Waals surface area contributed by atoms with E-state index in [1.54, 1.807) is 6.07 Å². The molecule has 2 aliphatic rings. The number of halogens is 2. The number of benzene rings is 1. The van der Waals surface area contributed by atoms with Crippen molar-refractivity contribution in [3.8, 4) is 0 Å². The summed E-state index contributed by atoms with van der Waals surface area (Å²) in [6.45, 7) is 5.17. The van der Waals surface area contributed by atoms with Gasteiger partial charge in [0.25, 0.3) is 5.69 Å². The third-order valence-electron chi connectivity index (χ3n) is 4.11. The van der Waals surface area contributed by atoms with Gasteiger partial charge in [-0.1, -0.05) is 11.6 Å². The molecule has 1 aromatic rings. The zero-order valence-electron chi connectivity index (χ0n) is 10.9. The van der Waals surface area contributed by atoms with Crippen molar-refractivity contribution in [3.05, 3.63) is 38.9 Å². The van der Waals surface area contributed by atoms with E-state index in [0.717, 1.165) is 50.1 Å². The first-order chi connectivity index (χ1) is 9.13. The SMILES string of the molecule is Cl.O=[N+]([O-])c1ccc(CN2C[C@H]3CNC[C@H]3C2)c(Cl)c1. The Kier molecular flexibility index (Phi) is 4.86. The third kappa shape index (κ3) is 3.06. The number of rotatable bonds is 3. The molecule has 0 bridgehead atoms. The summed E-state index contributed by atoms with van der Waals surface area (Å²) in [7, 11) is 0. The molecular formula is C13H17Cl2N3O2. The van der Waals surface area contributed by atoms with E-state index in [1.807, 2.05) is 0 Å². The van der Waals surface area contributed by atoms with Gasteiger partial charge >= 0.3 is 0 Å². The van der Waals surface area contributed by atoms with Gasteiger partial charge < -0.3 is 5.32 Å². The molecule has 7 heteroatoms. The van der Waals surface area contributed by atoms with Crippen LogP contribution in [0.4, 0.5) is 5.69 Å². The molecule has 0 saturated carbocycles. The van der Waals surface area contributed by atoms with Crippen molar-refractivity contribution in [2.75, 3.05) is 26.2 Å². The number of nitro benzene ring substituents is 1. The van der Waals surface area contributed by atoms with E-state index in [-0.39, 0.29) is 18.1 Å². The first kappa shape index (κ1) is 15.5.